The highest BCUT2D eigenvalue weighted by Gasteiger charge is 2.33. The van der Waals surface area contributed by atoms with Crippen molar-refractivity contribution in [3.05, 3.63) is 34.9 Å². The van der Waals surface area contributed by atoms with E-state index >= 15 is 0 Å². The predicted molar refractivity (Wildman–Crippen MR) is 71.7 cm³/mol. The van der Waals surface area contributed by atoms with Crippen molar-refractivity contribution in [3.8, 4) is 0 Å². The van der Waals surface area contributed by atoms with Gasteiger partial charge in [-0.2, -0.15) is 0 Å². The molecule has 0 saturated carbocycles. The predicted octanol–water partition coefficient (Wildman–Crippen LogP) is 2.45. The quantitative estimate of drug-likeness (QED) is 0.790. The van der Waals surface area contributed by atoms with Gasteiger partial charge in [-0.25, -0.2) is 8.42 Å². The first-order chi connectivity index (χ1) is 8.40. The van der Waals surface area contributed by atoms with Crippen LogP contribution in [-0.4, -0.2) is 25.2 Å². The molecule has 0 spiro atoms. The lowest BCUT2D eigenvalue weighted by Gasteiger charge is -2.10. The molecule has 0 amide bonds. The maximum Gasteiger partial charge on any atom is 0.164 e. The van der Waals surface area contributed by atoms with Crippen LogP contribution in [0.2, 0.25) is 0 Å². The van der Waals surface area contributed by atoms with Crippen molar-refractivity contribution in [3.63, 3.8) is 0 Å². The zero-order chi connectivity index (χ0) is 13.3. The Balaban J connectivity index is 2.18. The Kier molecular flexibility index (Phi) is 3.57. The van der Waals surface area contributed by atoms with E-state index in [0.717, 1.165) is 11.1 Å². The number of carbonyl (C=O) groups is 1. The van der Waals surface area contributed by atoms with Gasteiger partial charge in [-0.1, -0.05) is 23.8 Å². The third-order valence-electron chi connectivity index (χ3n) is 3.56. The van der Waals surface area contributed by atoms with Crippen molar-refractivity contribution in [2.24, 2.45) is 0 Å². The zero-order valence-electron chi connectivity index (χ0n) is 10.8. The van der Waals surface area contributed by atoms with E-state index in [2.05, 4.69) is 0 Å². The molecule has 1 aliphatic rings. The molecule has 0 N–H and O–H groups in total. The Hall–Kier alpha value is -1.16. The topological polar surface area (TPSA) is 51.2 Å². The van der Waals surface area contributed by atoms with Gasteiger partial charge in [0, 0.05) is 12.0 Å². The third kappa shape index (κ3) is 2.64. The van der Waals surface area contributed by atoms with Crippen molar-refractivity contribution < 1.29 is 13.2 Å². The van der Waals surface area contributed by atoms with Crippen LogP contribution in [0.5, 0.6) is 0 Å². The first-order valence-electron chi connectivity index (χ1n) is 6.22. The normalized spacial score (nSPS) is 22.0. The highest BCUT2D eigenvalue weighted by molar-refractivity contribution is 7.92. The molecule has 1 fully saturated rings. The van der Waals surface area contributed by atoms with Crippen molar-refractivity contribution >= 4 is 15.6 Å². The van der Waals surface area contributed by atoms with E-state index in [0.29, 0.717) is 18.4 Å². The smallest absolute Gasteiger partial charge is 0.164 e. The van der Waals surface area contributed by atoms with Gasteiger partial charge in [0.1, 0.15) is 0 Å². The molecular weight excluding hydrogens is 248 g/mol. The van der Waals surface area contributed by atoms with Crippen LogP contribution in [-0.2, 0) is 9.84 Å². The average molecular weight is 266 g/mol. The summed E-state index contributed by atoms with van der Waals surface area (Å²) in [5.74, 6) is 0.181. The monoisotopic (exact) mass is 266 g/mol. The number of sulfone groups is 1. The number of aryl methyl sites for hydroxylation is 2. The largest absolute Gasteiger partial charge is 0.294 e. The zero-order valence-corrected chi connectivity index (χ0v) is 11.6. The summed E-state index contributed by atoms with van der Waals surface area (Å²) in [7, 11) is -3.03. The molecule has 2 rings (SSSR count). The van der Waals surface area contributed by atoms with E-state index < -0.39 is 15.1 Å². The Morgan fingerprint density at radius 3 is 2.61 bits per heavy atom. The van der Waals surface area contributed by atoms with Gasteiger partial charge >= 0.3 is 0 Å². The van der Waals surface area contributed by atoms with E-state index in [1.165, 1.54) is 0 Å². The molecule has 0 radical (unpaired) electrons. The molecule has 0 bridgehead atoms. The number of hydrogen-bond donors (Lipinski definition) is 0. The molecule has 1 heterocycles. The summed E-state index contributed by atoms with van der Waals surface area (Å²) >= 11 is 0. The van der Waals surface area contributed by atoms with Crippen molar-refractivity contribution in [2.75, 3.05) is 5.75 Å². The maximum absolute atomic E-state index is 12.2. The molecule has 1 aromatic carbocycles. The first-order valence-corrected chi connectivity index (χ1v) is 7.94. The summed E-state index contributed by atoms with van der Waals surface area (Å²) in [5, 5.41) is -0.467. The molecular formula is C14H18O3S. The van der Waals surface area contributed by atoms with Gasteiger partial charge in [-0.3, -0.25) is 4.79 Å². The first kappa shape index (κ1) is 13.3. The lowest BCUT2D eigenvalue weighted by molar-refractivity contribution is 0.0980. The van der Waals surface area contributed by atoms with Crippen LogP contribution in [0.3, 0.4) is 0 Å². The second kappa shape index (κ2) is 4.84. The maximum atomic E-state index is 12.2. The van der Waals surface area contributed by atoms with Crippen molar-refractivity contribution in [1.82, 2.24) is 0 Å². The van der Waals surface area contributed by atoms with Crippen molar-refractivity contribution in [2.45, 2.75) is 38.4 Å². The van der Waals surface area contributed by atoms with Gasteiger partial charge in [-0.05, 0) is 32.3 Å². The molecule has 98 valence electrons. The number of hydrogen-bond acceptors (Lipinski definition) is 3. The van der Waals surface area contributed by atoms with Gasteiger partial charge < -0.3 is 0 Å². The Morgan fingerprint density at radius 1 is 1.33 bits per heavy atom. The van der Waals surface area contributed by atoms with Gasteiger partial charge in [-0.15, -0.1) is 0 Å². The Morgan fingerprint density at radius 2 is 2.06 bits per heavy atom. The summed E-state index contributed by atoms with van der Waals surface area (Å²) in [6.45, 7) is 3.87. The number of benzene rings is 1. The van der Waals surface area contributed by atoms with Gasteiger partial charge in [0.2, 0.25) is 0 Å². The lowest BCUT2D eigenvalue weighted by atomic mass is 9.99. The highest BCUT2D eigenvalue weighted by Crippen LogP contribution is 2.25. The van der Waals surface area contributed by atoms with Gasteiger partial charge in [0.15, 0.2) is 15.6 Å². The minimum Gasteiger partial charge on any atom is -0.294 e. The minimum absolute atomic E-state index is 0.0528. The number of ketones is 1. The molecule has 0 aliphatic carbocycles. The summed E-state index contributed by atoms with van der Waals surface area (Å²) < 4.78 is 23.4. The summed E-state index contributed by atoms with van der Waals surface area (Å²) in [5.41, 5.74) is 2.69. The van der Waals surface area contributed by atoms with E-state index in [1.54, 1.807) is 6.07 Å². The van der Waals surface area contributed by atoms with Gasteiger partial charge in [0.25, 0.3) is 0 Å². The minimum atomic E-state index is -3.03. The lowest BCUT2D eigenvalue weighted by Crippen LogP contribution is -2.20. The van der Waals surface area contributed by atoms with Crippen LogP contribution < -0.4 is 0 Å². The van der Waals surface area contributed by atoms with Crippen LogP contribution in [0, 0.1) is 13.8 Å². The van der Waals surface area contributed by atoms with E-state index in [-0.39, 0.29) is 18.0 Å². The number of rotatable bonds is 3. The summed E-state index contributed by atoms with van der Waals surface area (Å²) in [6, 6.07) is 5.65. The molecule has 1 saturated heterocycles. The molecule has 1 unspecified atom stereocenters. The molecule has 1 aliphatic heterocycles. The fourth-order valence-corrected chi connectivity index (χ4v) is 4.36. The second-order valence-corrected chi connectivity index (χ2v) is 7.48. The van der Waals surface area contributed by atoms with Gasteiger partial charge in [0.05, 0.1) is 11.0 Å². The average Bonchev–Trinajstić information content (AvgIpc) is 2.58. The molecule has 1 atom stereocenters. The second-order valence-electron chi connectivity index (χ2n) is 5.08. The summed E-state index contributed by atoms with van der Waals surface area (Å²) in [6.07, 6.45) is 1.44. The Bertz CT molecular complexity index is 573. The van der Waals surface area contributed by atoms with Crippen LogP contribution in [0.1, 0.15) is 40.7 Å². The van der Waals surface area contributed by atoms with Crippen LogP contribution in [0.4, 0.5) is 0 Å². The molecule has 3 nitrogen and oxygen atoms in total. The van der Waals surface area contributed by atoms with Crippen LogP contribution in [0.15, 0.2) is 18.2 Å². The van der Waals surface area contributed by atoms with E-state index in [4.69, 9.17) is 0 Å². The molecule has 18 heavy (non-hydrogen) atoms. The molecule has 1 aromatic rings. The van der Waals surface area contributed by atoms with E-state index in [1.807, 2.05) is 26.0 Å². The van der Waals surface area contributed by atoms with E-state index in [9.17, 15) is 13.2 Å². The summed E-state index contributed by atoms with van der Waals surface area (Å²) in [4.78, 5) is 12.2. The fraction of sp³-hybridized carbons (Fsp3) is 0.500. The highest BCUT2D eigenvalue weighted by atomic mass is 32.2. The molecule has 4 heteroatoms. The molecule has 0 aromatic heterocycles. The third-order valence-corrected chi connectivity index (χ3v) is 5.83. The number of Topliss-reactive ketones (excluding diaryl/α,β-unsaturated/α-hetero) is 1. The fourth-order valence-electron chi connectivity index (χ4n) is 2.53. The standard InChI is InChI=1S/C14H18O3S/c1-10-5-6-13(11(2)8-10)14(15)9-12-4-3-7-18(12,16)17/h5-6,8,12H,3-4,7,9H2,1-2H3. The van der Waals surface area contributed by atoms with Crippen LogP contribution in [0.25, 0.3) is 0 Å². The SMILES string of the molecule is Cc1ccc(C(=O)CC2CCCS2(=O)=O)c(C)c1. The van der Waals surface area contributed by atoms with Crippen LogP contribution >= 0.6 is 0 Å². The Labute approximate surface area is 108 Å². The van der Waals surface area contributed by atoms with Crippen molar-refractivity contribution in [1.29, 1.82) is 0 Å². The number of carbonyl (C=O) groups excluding carboxylic acids is 1.